The largest absolute Gasteiger partial charge is 0.356 e. The second-order valence-electron chi connectivity index (χ2n) is 8.19. The van der Waals surface area contributed by atoms with Crippen LogP contribution in [0.2, 0.25) is 0 Å². The summed E-state index contributed by atoms with van der Waals surface area (Å²) in [6.45, 7) is 7.99. The summed E-state index contributed by atoms with van der Waals surface area (Å²) in [5.74, 6) is 1.45. The number of carbonyl (C=O) groups is 1. The Hall–Kier alpha value is -1.84. The predicted molar refractivity (Wildman–Crippen MR) is 119 cm³/mol. The van der Waals surface area contributed by atoms with E-state index in [0.29, 0.717) is 0 Å². The van der Waals surface area contributed by atoms with Crippen LogP contribution in [-0.2, 0) is 17.8 Å². The Kier molecular flexibility index (Phi) is 10.1. The van der Waals surface area contributed by atoms with Gasteiger partial charge in [-0.1, -0.05) is 71.4 Å². The first kappa shape index (κ1) is 22.4. The number of amides is 1. The molecule has 0 saturated heterocycles. The molecular weight excluding hydrogens is 346 g/mol. The molecule has 0 aliphatic carbocycles. The number of benzene rings is 1. The van der Waals surface area contributed by atoms with Crippen molar-refractivity contribution in [2.75, 3.05) is 6.54 Å². The fourth-order valence-electron chi connectivity index (χ4n) is 3.62. The number of aromatic nitrogens is 2. The molecule has 0 spiro atoms. The molecule has 0 radical (unpaired) electrons. The third-order valence-corrected chi connectivity index (χ3v) is 5.37. The Bertz CT molecular complexity index is 705. The van der Waals surface area contributed by atoms with E-state index in [0.717, 1.165) is 44.3 Å². The van der Waals surface area contributed by atoms with Crippen LogP contribution >= 0.6 is 0 Å². The number of nitrogens with zero attached hydrogens (tertiary/aromatic N) is 2. The highest BCUT2D eigenvalue weighted by molar-refractivity contribution is 5.77. The van der Waals surface area contributed by atoms with E-state index in [4.69, 9.17) is 4.98 Å². The number of imidazole rings is 1. The molecule has 0 saturated carbocycles. The van der Waals surface area contributed by atoms with Crippen molar-refractivity contribution in [2.45, 2.75) is 91.5 Å². The first-order chi connectivity index (χ1) is 13.6. The van der Waals surface area contributed by atoms with Crippen LogP contribution in [0.25, 0.3) is 11.0 Å². The summed E-state index contributed by atoms with van der Waals surface area (Å²) < 4.78 is 2.44. The topological polar surface area (TPSA) is 46.9 Å². The average molecular weight is 386 g/mol. The maximum atomic E-state index is 11.6. The molecule has 0 aliphatic heterocycles. The Morgan fingerprint density at radius 3 is 2.50 bits per heavy atom. The second kappa shape index (κ2) is 12.6. The van der Waals surface area contributed by atoms with E-state index in [9.17, 15) is 4.79 Å². The number of hydrogen-bond acceptors (Lipinski definition) is 2. The number of para-hydroxylation sites is 2. The highest BCUT2D eigenvalue weighted by atomic mass is 16.1. The molecule has 0 atom stereocenters. The van der Waals surface area contributed by atoms with E-state index in [2.05, 4.69) is 41.1 Å². The molecule has 1 N–H and O–H groups in total. The number of hydrogen-bond donors (Lipinski definition) is 1. The molecule has 0 unspecified atom stereocenters. The van der Waals surface area contributed by atoms with Gasteiger partial charge in [-0.25, -0.2) is 4.98 Å². The van der Waals surface area contributed by atoms with Gasteiger partial charge in [0.05, 0.1) is 11.0 Å². The SMILES string of the molecule is CCCCCCCCn1c(CCCCCNC(=O)C(C)C)nc2ccccc21. The van der Waals surface area contributed by atoms with Crippen LogP contribution in [0.1, 0.15) is 84.4 Å². The molecule has 2 rings (SSSR count). The molecule has 4 heteroatoms. The van der Waals surface area contributed by atoms with Crippen LogP contribution in [0.4, 0.5) is 0 Å². The minimum absolute atomic E-state index is 0.0712. The van der Waals surface area contributed by atoms with Crippen molar-refractivity contribution in [3.05, 3.63) is 30.1 Å². The maximum Gasteiger partial charge on any atom is 0.222 e. The van der Waals surface area contributed by atoms with Gasteiger partial charge in [0.25, 0.3) is 0 Å². The molecule has 1 aromatic heterocycles. The normalized spacial score (nSPS) is 11.4. The van der Waals surface area contributed by atoms with Gasteiger partial charge in [0.1, 0.15) is 5.82 Å². The molecule has 2 aromatic rings. The molecule has 156 valence electrons. The predicted octanol–water partition coefficient (Wildman–Crippen LogP) is 5.88. The highest BCUT2D eigenvalue weighted by Gasteiger charge is 2.10. The standard InChI is InChI=1S/C24H39N3O/c1-4-5-6-7-8-14-19-27-22-16-12-11-15-21(22)26-23(27)17-10-9-13-18-25-24(28)20(2)3/h11-12,15-16,20H,4-10,13-14,17-19H2,1-3H3,(H,25,28). The number of carbonyl (C=O) groups excluding carboxylic acids is 1. The van der Waals surface area contributed by atoms with Crippen LogP contribution in [0, 0.1) is 5.92 Å². The summed E-state index contributed by atoms with van der Waals surface area (Å²) in [5, 5.41) is 3.00. The van der Waals surface area contributed by atoms with Crippen LogP contribution in [-0.4, -0.2) is 22.0 Å². The summed E-state index contributed by atoms with van der Waals surface area (Å²) in [6.07, 6.45) is 12.2. The van der Waals surface area contributed by atoms with E-state index >= 15 is 0 Å². The second-order valence-corrected chi connectivity index (χ2v) is 8.19. The van der Waals surface area contributed by atoms with Crippen LogP contribution in [0.15, 0.2) is 24.3 Å². The number of nitrogens with one attached hydrogen (secondary N) is 1. The van der Waals surface area contributed by atoms with Crippen molar-refractivity contribution in [2.24, 2.45) is 5.92 Å². The van der Waals surface area contributed by atoms with Gasteiger partial charge in [-0.15, -0.1) is 0 Å². The van der Waals surface area contributed by atoms with E-state index in [-0.39, 0.29) is 11.8 Å². The van der Waals surface area contributed by atoms with Crippen LogP contribution in [0.3, 0.4) is 0 Å². The molecule has 1 heterocycles. The van der Waals surface area contributed by atoms with E-state index < -0.39 is 0 Å². The van der Waals surface area contributed by atoms with Crippen molar-refractivity contribution < 1.29 is 4.79 Å². The summed E-state index contributed by atoms with van der Waals surface area (Å²) >= 11 is 0. The zero-order chi connectivity index (χ0) is 20.2. The number of unbranched alkanes of at least 4 members (excludes halogenated alkanes) is 7. The summed E-state index contributed by atoms with van der Waals surface area (Å²) in [5.41, 5.74) is 2.39. The lowest BCUT2D eigenvalue weighted by molar-refractivity contribution is -0.123. The number of rotatable bonds is 14. The first-order valence-corrected chi connectivity index (χ1v) is 11.3. The minimum atomic E-state index is 0.0712. The third-order valence-electron chi connectivity index (χ3n) is 5.37. The molecule has 0 fully saturated rings. The molecule has 0 aliphatic rings. The van der Waals surface area contributed by atoms with Crippen molar-refractivity contribution in [3.8, 4) is 0 Å². The van der Waals surface area contributed by atoms with Crippen molar-refractivity contribution in [1.82, 2.24) is 14.9 Å². The zero-order valence-electron chi connectivity index (χ0n) is 18.2. The lowest BCUT2D eigenvalue weighted by Crippen LogP contribution is -2.28. The van der Waals surface area contributed by atoms with Gasteiger partial charge >= 0.3 is 0 Å². The molecule has 28 heavy (non-hydrogen) atoms. The summed E-state index contributed by atoms with van der Waals surface area (Å²) in [7, 11) is 0. The van der Waals surface area contributed by atoms with Crippen molar-refractivity contribution in [3.63, 3.8) is 0 Å². The van der Waals surface area contributed by atoms with Crippen molar-refractivity contribution >= 4 is 16.9 Å². The molecule has 0 bridgehead atoms. The lowest BCUT2D eigenvalue weighted by Gasteiger charge is -2.10. The Labute approximate surface area is 171 Å². The smallest absolute Gasteiger partial charge is 0.222 e. The molecule has 1 aromatic carbocycles. The van der Waals surface area contributed by atoms with Crippen LogP contribution in [0.5, 0.6) is 0 Å². The quantitative estimate of drug-likeness (QED) is 0.413. The number of fused-ring (bicyclic) bond motifs is 1. The van der Waals surface area contributed by atoms with E-state index in [1.165, 1.54) is 49.9 Å². The minimum Gasteiger partial charge on any atom is -0.356 e. The van der Waals surface area contributed by atoms with Crippen LogP contribution < -0.4 is 5.32 Å². The Balaban J connectivity index is 1.81. The van der Waals surface area contributed by atoms with E-state index in [1.54, 1.807) is 0 Å². The third kappa shape index (κ3) is 7.29. The van der Waals surface area contributed by atoms with Gasteiger partial charge in [0.15, 0.2) is 0 Å². The molecule has 4 nitrogen and oxygen atoms in total. The summed E-state index contributed by atoms with van der Waals surface area (Å²) in [6, 6.07) is 8.51. The molecular formula is C24H39N3O. The lowest BCUT2D eigenvalue weighted by atomic mass is 10.1. The average Bonchev–Trinajstić information content (AvgIpc) is 3.04. The number of aryl methyl sites for hydroxylation is 2. The summed E-state index contributed by atoms with van der Waals surface area (Å²) in [4.78, 5) is 16.5. The fraction of sp³-hybridized carbons (Fsp3) is 0.667. The first-order valence-electron chi connectivity index (χ1n) is 11.3. The zero-order valence-corrected chi connectivity index (χ0v) is 18.2. The Morgan fingerprint density at radius 2 is 1.71 bits per heavy atom. The van der Waals surface area contributed by atoms with Gasteiger partial charge in [-0.2, -0.15) is 0 Å². The van der Waals surface area contributed by atoms with Gasteiger partial charge in [0, 0.05) is 25.4 Å². The maximum absolute atomic E-state index is 11.6. The van der Waals surface area contributed by atoms with Gasteiger partial charge < -0.3 is 9.88 Å². The fourth-order valence-corrected chi connectivity index (χ4v) is 3.62. The van der Waals surface area contributed by atoms with Gasteiger partial charge in [-0.05, 0) is 31.4 Å². The highest BCUT2D eigenvalue weighted by Crippen LogP contribution is 2.19. The van der Waals surface area contributed by atoms with E-state index in [1.807, 2.05) is 13.8 Å². The van der Waals surface area contributed by atoms with Gasteiger partial charge in [0.2, 0.25) is 5.91 Å². The van der Waals surface area contributed by atoms with Gasteiger partial charge in [-0.3, -0.25) is 4.79 Å². The van der Waals surface area contributed by atoms with Crippen molar-refractivity contribution in [1.29, 1.82) is 0 Å². The Morgan fingerprint density at radius 1 is 1.00 bits per heavy atom. The monoisotopic (exact) mass is 385 g/mol. The molecule has 1 amide bonds.